The van der Waals surface area contributed by atoms with E-state index in [-0.39, 0.29) is 111 Å². The molecule has 2 unspecified atom stereocenters. The minimum Gasteiger partial charge on any atom is -0.304 e. The molecule has 7 aliphatic carbocycles. The van der Waals surface area contributed by atoms with Crippen LogP contribution in [-0.4, -0.2) is 24.9 Å². The molecular formula is C115H74F2Ir5N5-5. The topological polar surface area (TPSA) is 64.5 Å². The van der Waals surface area contributed by atoms with Crippen LogP contribution in [-0.2, 0) is 128 Å². The van der Waals surface area contributed by atoms with E-state index in [1.165, 1.54) is 130 Å². The Kier molecular flexibility index (Phi) is 23.5. The van der Waals surface area contributed by atoms with Crippen molar-refractivity contribution in [3.05, 3.63) is 497 Å². The van der Waals surface area contributed by atoms with Crippen molar-refractivity contribution in [2.75, 3.05) is 0 Å². The van der Waals surface area contributed by atoms with Crippen LogP contribution >= 0.6 is 0 Å². The van der Waals surface area contributed by atoms with Crippen molar-refractivity contribution in [2.24, 2.45) is 0 Å². The number of benzene rings is 15. The SMILES string of the molecule is CC1(F)c2ccc[c-]c2-c2nccc3cccc1c23.FC1(c2ccccc2)c2ccc[c-]c2-c2nccc3cccc1c23.[Ir].[Ir].[Ir].[Ir].[Ir].[c-]1cccc2c1-c1nccc3cccc(c13)C2(c1ccccc1)c1ccccc1.[c-]1cccc2c1-c1nccc3cccc(c13)C21CCCC1.[c-]1cccc2c1-c1nccc3cccc(c13)C21c2ccccc2-c2ccccc21. The molecule has 1 fully saturated rings. The fourth-order valence-corrected chi connectivity index (χ4v) is 21.9. The monoisotopic (exact) mass is 2530 g/mol. The van der Waals surface area contributed by atoms with Crippen LogP contribution in [0.3, 0.4) is 0 Å². The summed E-state index contributed by atoms with van der Waals surface area (Å²) in [5.74, 6) is 0. The summed E-state index contributed by atoms with van der Waals surface area (Å²) in [6, 6.07) is 138. The Hall–Kier alpha value is -11.5. The second-order valence-electron chi connectivity index (χ2n) is 32.8. The molecule has 0 saturated heterocycles. The van der Waals surface area contributed by atoms with Gasteiger partial charge >= 0.3 is 0 Å². The van der Waals surface area contributed by atoms with E-state index in [4.69, 9.17) is 15.0 Å². The van der Waals surface area contributed by atoms with Crippen molar-refractivity contribution < 1.29 is 109 Å². The van der Waals surface area contributed by atoms with Gasteiger partial charge in [-0.15, -0.1) is 166 Å². The number of pyridine rings is 5. The summed E-state index contributed by atoms with van der Waals surface area (Å²) in [5, 5.41) is 11.4. The van der Waals surface area contributed by atoms with Gasteiger partial charge in [-0.1, -0.05) is 254 Å². The van der Waals surface area contributed by atoms with Crippen LogP contribution in [0.15, 0.2) is 383 Å². The Balaban J connectivity index is 0.000000107. The molecule has 0 bridgehead atoms. The second kappa shape index (κ2) is 34.6. The van der Waals surface area contributed by atoms with Crippen LogP contribution in [0.4, 0.5) is 8.78 Å². The summed E-state index contributed by atoms with van der Waals surface area (Å²) in [7, 11) is 0. The summed E-state index contributed by atoms with van der Waals surface area (Å²) in [6.45, 7) is 1.62. The van der Waals surface area contributed by atoms with Crippen molar-refractivity contribution in [3.63, 3.8) is 0 Å². The first-order valence-corrected chi connectivity index (χ1v) is 41.9. The third-order valence-electron chi connectivity index (χ3n) is 26.8. The van der Waals surface area contributed by atoms with E-state index in [1.807, 2.05) is 152 Å². The van der Waals surface area contributed by atoms with Gasteiger partial charge in [0.25, 0.3) is 0 Å². The van der Waals surface area contributed by atoms with Crippen molar-refractivity contribution >= 4 is 53.9 Å². The van der Waals surface area contributed by atoms with Crippen LogP contribution in [0.25, 0.3) is 121 Å². The van der Waals surface area contributed by atoms with E-state index in [2.05, 4.69) is 259 Å². The van der Waals surface area contributed by atoms with Gasteiger partial charge in [-0.2, -0.15) is 0 Å². The van der Waals surface area contributed by atoms with Gasteiger partial charge in [-0.3, -0.25) is 0 Å². The molecule has 623 valence electrons. The number of rotatable bonds is 3. The van der Waals surface area contributed by atoms with E-state index in [1.54, 1.807) is 19.3 Å². The fraction of sp³-hybridized carbons (Fsp3) is 0.0870. The van der Waals surface area contributed by atoms with E-state index in [9.17, 15) is 0 Å². The smallest absolute Gasteiger partial charge is 0.153 e. The average Bonchev–Trinajstić information content (AvgIpc) is 1.40. The van der Waals surface area contributed by atoms with Gasteiger partial charge in [0.05, 0.1) is 0 Å². The first-order chi connectivity index (χ1) is 60.2. The second-order valence-corrected chi connectivity index (χ2v) is 32.8. The average molecular weight is 2520 g/mol. The molecule has 0 amide bonds. The molecule has 12 heteroatoms. The van der Waals surface area contributed by atoms with Crippen molar-refractivity contribution in [2.45, 2.75) is 60.2 Å². The predicted octanol–water partition coefficient (Wildman–Crippen LogP) is 27.2. The van der Waals surface area contributed by atoms with E-state index in [0.29, 0.717) is 27.8 Å². The Morgan fingerprint density at radius 3 is 0.953 bits per heavy atom. The first-order valence-electron chi connectivity index (χ1n) is 41.9. The molecule has 20 aromatic rings. The van der Waals surface area contributed by atoms with Gasteiger partial charge in [-0.05, 0) is 205 Å². The Labute approximate surface area is 804 Å². The molecule has 2 spiro atoms. The van der Waals surface area contributed by atoms with E-state index < -0.39 is 16.8 Å². The van der Waals surface area contributed by atoms with Crippen molar-refractivity contribution in [3.8, 4) is 67.4 Å². The summed E-state index contributed by atoms with van der Waals surface area (Å²) in [4.78, 5) is 23.3. The minimum absolute atomic E-state index is 0. The molecule has 1 saturated carbocycles. The van der Waals surface area contributed by atoms with Crippen LogP contribution in [0, 0.1) is 30.3 Å². The van der Waals surface area contributed by atoms with Gasteiger partial charge in [0.1, 0.15) is 5.67 Å². The number of hydrogen-bond donors (Lipinski definition) is 0. The Bertz CT molecular complexity index is 7390. The standard InChI is InChI=1S/C28H16N.C28H18N.C22H13FN.C20H16N.C17H11FN.5Ir/c1-4-12-22-19(9-1)20-10-2-5-13-23(20)28(22)24-14-6-3-11-21(24)27-26-18(16-17-29-27)8-7-15-25(26)28;1-3-11-21(12-4-1)28(22-13-5-2-6-14-22)24-16-8-7-15-23(24)27-26-20(18-19-29-27)10-9-17-25(26)28;23-22(16-8-2-1-3-9-16)18-11-5-4-10-17(18)21-20-15(13-14-24-21)7-6-12-19(20)22;1-2-8-16-15(7-1)19-18-14(10-13-21-19)6-5-9-17(18)20(16)11-3-4-12-20;1-17(18)13-7-3-2-6-12(13)16-15-11(9-10-19-16)5-4-8-14(15)17;;;;;/h1-10,12-17H;1-14,16-19H;1-9,11-14H;1-2,5-6,8-10,13H,3-4,11-12H2;2-5,7-10H,1H3;;;;;/q5*-1;;;;;. The van der Waals surface area contributed by atoms with Crippen LogP contribution in [0.5, 0.6) is 0 Å². The van der Waals surface area contributed by atoms with Crippen molar-refractivity contribution in [1.82, 2.24) is 24.9 Å². The summed E-state index contributed by atoms with van der Waals surface area (Å²) in [6.07, 6.45) is 14.5. The molecule has 27 rings (SSSR count). The zero-order valence-electron chi connectivity index (χ0n) is 68.4. The van der Waals surface area contributed by atoms with Gasteiger partial charge in [0.15, 0.2) is 5.67 Å². The predicted molar refractivity (Wildman–Crippen MR) is 487 cm³/mol. The minimum atomic E-state index is -1.70. The van der Waals surface area contributed by atoms with Crippen LogP contribution in [0.1, 0.15) is 116 Å². The number of halogens is 2. The van der Waals surface area contributed by atoms with Gasteiger partial charge < -0.3 is 24.9 Å². The molecule has 5 nitrogen and oxygen atoms in total. The molecular weight excluding hydrogens is 2450 g/mol. The van der Waals surface area contributed by atoms with Gasteiger partial charge in [0, 0.05) is 142 Å². The number of nitrogens with zero attached hydrogens (tertiary/aromatic N) is 5. The molecule has 5 aromatic heterocycles. The van der Waals surface area contributed by atoms with Crippen molar-refractivity contribution in [1.29, 1.82) is 0 Å². The number of alkyl halides is 2. The number of fused-ring (bicyclic) bond motifs is 19. The van der Waals surface area contributed by atoms with E-state index in [0.717, 1.165) is 72.3 Å². The molecule has 5 heterocycles. The molecule has 0 aliphatic heterocycles. The summed E-state index contributed by atoms with van der Waals surface area (Å²) in [5.41, 5.74) is 25.2. The zero-order valence-corrected chi connectivity index (χ0v) is 80.3. The summed E-state index contributed by atoms with van der Waals surface area (Å²) < 4.78 is 32.0. The quantitative estimate of drug-likeness (QED) is 0.165. The zero-order chi connectivity index (χ0) is 81.3. The van der Waals surface area contributed by atoms with Crippen LogP contribution in [0.2, 0.25) is 0 Å². The van der Waals surface area contributed by atoms with Gasteiger partial charge in [0.2, 0.25) is 0 Å². The van der Waals surface area contributed by atoms with Crippen LogP contribution < -0.4 is 0 Å². The molecule has 2 atom stereocenters. The Morgan fingerprint density at radius 2 is 0.520 bits per heavy atom. The summed E-state index contributed by atoms with van der Waals surface area (Å²) >= 11 is 0. The molecule has 15 aromatic carbocycles. The third kappa shape index (κ3) is 13.1. The first kappa shape index (κ1) is 86.2. The maximum Gasteiger partial charge on any atom is 0.153 e. The normalized spacial score (nSPS) is 16.0. The molecule has 5 radical (unpaired) electrons. The number of aromatic nitrogens is 5. The third-order valence-corrected chi connectivity index (χ3v) is 26.8. The van der Waals surface area contributed by atoms with E-state index >= 15 is 8.78 Å². The fourth-order valence-electron chi connectivity index (χ4n) is 21.9. The molecule has 0 N–H and O–H groups in total. The number of hydrogen-bond acceptors (Lipinski definition) is 5. The molecule has 127 heavy (non-hydrogen) atoms. The maximum absolute atomic E-state index is 16.7. The Morgan fingerprint density at radius 1 is 0.236 bits per heavy atom. The largest absolute Gasteiger partial charge is 0.304 e. The molecule has 7 aliphatic rings. The maximum atomic E-state index is 16.7. The van der Waals surface area contributed by atoms with Gasteiger partial charge in [-0.25, -0.2) is 8.78 Å².